The normalized spacial score (nSPS) is 17.6. The molecule has 1 aromatic carbocycles. The van der Waals surface area contributed by atoms with Crippen molar-refractivity contribution in [2.24, 2.45) is 0 Å². The SMILES string of the molecule is Nc1oncc1-c1cccc2c3c([nH]c12)N1CCC3CC1. The van der Waals surface area contributed by atoms with Crippen molar-refractivity contribution >= 4 is 22.6 Å². The van der Waals surface area contributed by atoms with Crippen LogP contribution in [0.15, 0.2) is 28.9 Å². The van der Waals surface area contributed by atoms with Gasteiger partial charge < -0.3 is 20.1 Å². The number of rotatable bonds is 1. The van der Waals surface area contributed by atoms with Crippen molar-refractivity contribution in [3.8, 4) is 11.1 Å². The highest BCUT2D eigenvalue weighted by atomic mass is 16.5. The summed E-state index contributed by atoms with van der Waals surface area (Å²) in [4.78, 5) is 6.10. The Hall–Kier alpha value is -2.43. The number of aromatic amines is 1. The number of anilines is 2. The van der Waals surface area contributed by atoms with E-state index < -0.39 is 0 Å². The fraction of sp³-hybridized carbons (Fsp3) is 0.312. The van der Waals surface area contributed by atoms with Gasteiger partial charge in [-0.3, -0.25) is 0 Å². The van der Waals surface area contributed by atoms with Gasteiger partial charge in [-0.25, -0.2) is 0 Å². The van der Waals surface area contributed by atoms with Crippen LogP contribution in [-0.2, 0) is 0 Å². The van der Waals surface area contributed by atoms with Crippen molar-refractivity contribution in [2.75, 3.05) is 23.7 Å². The van der Waals surface area contributed by atoms with Gasteiger partial charge in [-0.2, -0.15) is 0 Å². The van der Waals surface area contributed by atoms with E-state index in [-0.39, 0.29) is 0 Å². The molecule has 0 aliphatic carbocycles. The van der Waals surface area contributed by atoms with Crippen molar-refractivity contribution in [1.29, 1.82) is 0 Å². The topological polar surface area (TPSA) is 71.1 Å². The summed E-state index contributed by atoms with van der Waals surface area (Å²) in [5.41, 5.74) is 10.5. The maximum atomic E-state index is 5.90. The molecule has 0 atom stereocenters. The van der Waals surface area contributed by atoms with Crippen molar-refractivity contribution in [1.82, 2.24) is 10.1 Å². The lowest BCUT2D eigenvalue weighted by atomic mass is 9.84. The molecule has 5 heterocycles. The minimum absolute atomic E-state index is 0.373. The number of hydrogen-bond donors (Lipinski definition) is 2. The second-order valence-corrected chi connectivity index (χ2v) is 5.98. The van der Waals surface area contributed by atoms with E-state index in [1.807, 2.05) is 0 Å². The molecule has 0 saturated carbocycles. The van der Waals surface area contributed by atoms with E-state index in [0.717, 1.165) is 29.7 Å². The molecule has 0 amide bonds. The highest BCUT2D eigenvalue weighted by Crippen LogP contribution is 2.47. The third-order valence-electron chi connectivity index (χ3n) is 4.96. The summed E-state index contributed by atoms with van der Waals surface area (Å²) >= 11 is 0. The number of nitrogens with zero attached hydrogens (tertiary/aromatic N) is 2. The highest BCUT2D eigenvalue weighted by Gasteiger charge is 2.34. The van der Waals surface area contributed by atoms with Crippen LogP contribution >= 0.6 is 0 Å². The summed E-state index contributed by atoms with van der Waals surface area (Å²) in [5, 5.41) is 5.12. The van der Waals surface area contributed by atoms with Crippen LogP contribution in [0.1, 0.15) is 24.3 Å². The molecule has 0 unspecified atom stereocenters. The van der Waals surface area contributed by atoms with Crippen molar-refractivity contribution in [2.45, 2.75) is 18.8 Å². The second kappa shape index (κ2) is 3.81. The van der Waals surface area contributed by atoms with Gasteiger partial charge in [0.25, 0.3) is 0 Å². The Morgan fingerprint density at radius 1 is 1.24 bits per heavy atom. The number of piperidine rings is 1. The van der Waals surface area contributed by atoms with Crippen LogP contribution in [0, 0.1) is 0 Å². The molecule has 6 rings (SSSR count). The van der Waals surface area contributed by atoms with E-state index in [2.05, 4.69) is 33.2 Å². The molecule has 3 aliphatic heterocycles. The van der Waals surface area contributed by atoms with Gasteiger partial charge in [0.1, 0.15) is 5.82 Å². The van der Waals surface area contributed by atoms with Crippen molar-refractivity contribution in [3.05, 3.63) is 30.0 Å². The zero-order chi connectivity index (χ0) is 14.0. The van der Waals surface area contributed by atoms with Gasteiger partial charge in [-0.1, -0.05) is 23.4 Å². The molecule has 21 heavy (non-hydrogen) atoms. The van der Waals surface area contributed by atoms with Crippen LogP contribution < -0.4 is 10.6 Å². The fourth-order valence-electron chi connectivity index (χ4n) is 3.95. The Morgan fingerprint density at radius 3 is 2.86 bits per heavy atom. The Morgan fingerprint density at radius 2 is 2.10 bits per heavy atom. The molecule has 2 aromatic heterocycles. The lowest BCUT2D eigenvalue weighted by molar-refractivity contribution is 0.436. The quantitative estimate of drug-likeness (QED) is 0.718. The number of aromatic nitrogens is 2. The van der Waals surface area contributed by atoms with Gasteiger partial charge in [0.15, 0.2) is 0 Å². The standard InChI is InChI=1S/C16H16N4O/c17-15-12(8-18-21-15)10-2-1-3-11-13-9-4-6-20(7-5-9)16(13)19-14(10)11/h1-3,8-9,19H,4-7,17H2. The molecule has 0 radical (unpaired) electrons. The maximum absolute atomic E-state index is 5.90. The Labute approximate surface area is 121 Å². The van der Waals surface area contributed by atoms with E-state index in [1.54, 1.807) is 6.20 Å². The average Bonchev–Trinajstić information content (AvgIpc) is 3.12. The molecule has 3 aliphatic rings. The summed E-state index contributed by atoms with van der Waals surface area (Å²) in [6, 6.07) is 6.37. The van der Waals surface area contributed by atoms with E-state index >= 15 is 0 Å². The first kappa shape index (κ1) is 11.3. The molecular weight excluding hydrogens is 264 g/mol. The smallest absolute Gasteiger partial charge is 0.230 e. The molecular formula is C16H16N4O. The van der Waals surface area contributed by atoms with Crippen LogP contribution in [0.2, 0.25) is 0 Å². The predicted molar refractivity (Wildman–Crippen MR) is 82.4 cm³/mol. The Bertz CT molecular complexity index is 839. The minimum Gasteiger partial charge on any atom is -0.367 e. The number of benzene rings is 1. The second-order valence-electron chi connectivity index (χ2n) is 5.98. The van der Waals surface area contributed by atoms with Crippen LogP contribution in [-0.4, -0.2) is 23.2 Å². The Kier molecular flexibility index (Phi) is 2.04. The third kappa shape index (κ3) is 1.38. The summed E-state index contributed by atoms with van der Waals surface area (Å²) in [6.07, 6.45) is 4.22. The molecule has 3 aromatic rings. The minimum atomic E-state index is 0.373. The molecule has 5 nitrogen and oxygen atoms in total. The van der Waals surface area contributed by atoms with Crippen LogP contribution in [0.4, 0.5) is 11.7 Å². The van der Waals surface area contributed by atoms with Gasteiger partial charge in [-0.05, 0) is 18.8 Å². The van der Waals surface area contributed by atoms with Gasteiger partial charge in [0.2, 0.25) is 5.88 Å². The zero-order valence-corrected chi connectivity index (χ0v) is 11.6. The summed E-state index contributed by atoms with van der Waals surface area (Å²) in [7, 11) is 0. The van der Waals surface area contributed by atoms with Crippen molar-refractivity contribution in [3.63, 3.8) is 0 Å². The largest absolute Gasteiger partial charge is 0.367 e. The van der Waals surface area contributed by atoms with Crippen molar-refractivity contribution < 1.29 is 4.52 Å². The van der Waals surface area contributed by atoms with Crippen LogP contribution in [0.3, 0.4) is 0 Å². The van der Waals surface area contributed by atoms with E-state index in [1.165, 1.54) is 29.6 Å². The van der Waals surface area contributed by atoms with Crippen LogP contribution in [0.5, 0.6) is 0 Å². The molecule has 3 N–H and O–H groups in total. The number of hydrogen-bond acceptors (Lipinski definition) is 4. The monoisotopic (exact) mass is 280 g/mol. The van der Waals surface area contributed by atoms with Gasteiger partial charge >= 0.3 is 0 Å². The zero-order valence-electron chi connectivity index (χ0n) is 11.6. The summed E-state index contributed by atoms with van der Waals surface area (Å²) < 4.78 is 5.03. The van der Waals surface area contributed by atoms with Crippen LogP contribution in [0.25, 0.3) is 22.0 Å². The number of nitrogens with two attached hydrogens (primary N) is 1. The average molecular weight is 280 g/mol. The molecule has 5 heteroatoms. The first-order valence-corrected chi connectivity index (χ1v) is 7.43. The lowest BCUT2D eigenvalue weighted by Gasteiger charge is -2.40. The van der Waals surface area contributed by atoms with E-state index in [9.17, 15) is 0 Å². The van der Waals surface area contributed by atoms with E-state index in [0.29, 0.717) is 11.8 Å². The molecule has 106 valence electrons. The number of para-hydroxylation sites is 1. The maximum Gasteiger partial charge on any atom is 0.230 e. The number of nitrogens with one attached hydrogen (secondary N) is 1. The first-order valence-electron chi connectivity index (χ1n) is 7.43. The van der Waals surface area contributed by atoms with Gasteiger partial charge in [-0.15, -0.1) is 0 Å². The van der Waals surface area contributed by atoms with E-state index in [4.69, 9.17) is 10.3 Å². The number of fused-ring (bicyclic) bond motifs is 3. The Balaban J connectivity index is 1.83. The highest BCUT2D eigenvalue weighted by molar-refractivity contribution is 6.01. The molecule has 1 saturated heterocycles. The predicted octanol–water partition coefficient (Wildman–Crippen LogP) is 3.10. The summed E-state index contributed by atoms with van der Waals surface area (Å²) in [5.74, 6) is 2.36. The first-order chi connectivity index (χ1) is 10.3. The third-order valence-corrected chi connectivity index (χ3v) is 4.96. The fourth-order valence-corrected chi connectivity index (χ4v) is 3.95. The number of H-pyrrole nitrogens is 1. The van der Waals surface area contributed by atoms with Gasteiger partial charge in [0, 0.05) is 29.6 Å². The molecule has 1 fully saturated rings. The molecule has 0 spiro atoms. The molecule has 2 bridgehead atoms. The lowest BCUT2D eigenvalue weighted by Crippen LogP contribution is -2.38. The van der Waals surface area contributed by atoms with Gasteiger partial charge in [0.05, 0.1) is 17.3 Å². The number of nitrogen functional groups attached to an aromatic ring is 1. The summed E-state index contributed by atoms with van der Waals surface area (Å²) in [6.45, 7) is 2.32.